The minimum atomic E-state index is 0.588. The first-order valence-corrected chi connectivity index (χ1v) is 14.9. The summed E-state index contributed by atoms with van der Waals surface area (Å²) < 4.78 is 15.9. The summed E-state index contributed by atoms with van der Waals surface area (Å²) in [6.45, 7) is 0. The smallest absolute Gasteiger partial charge is 0.168 e. The number of anilines is 1. The van der Waals surface area contributed by atoms with Gasteiger partial charge in [0.15, 0.2) is 5.65 Å². The third-order valence-electron chi connectivity index (χ3n) is 7.39. The number of benzene rings is 2. The van der Waals surface area contributed by atoms with Crippen molar-refractivity contribution in [3.05, 3.63) is 126 Å². The second-order valence-electron chi connectivity index (χ2n) is 10.8. The molecule has 2 aromatic carbocycles. The maximum atomic E-state index is 6.02. The molecule has 5 aromatic heterocycles. The summed E-state index contributed by atoms with van der Waals surface area (Å²) >= 11 is 0. The molecule has 0 amide bonds. The number of nitrogens with two attached hydrogens (primary N) is 1. The zero-order chi connectivity index (χ0) is 32.8. The predicted octanol–water partition coefficient (Wildman–Crippen LogP) is 4.13. The Bertz CT molecular complexity index is 2080. The first kappa shape index (κ1) is 30.9. The quantitative estimate of drug-likeness (QED) is 0.247. The summed E-state index contributed by atoms with van der Waals surface area (Å²) in [7, 11) is 7.09. The Morgan fingerprint density at radius 3 is 1.81 bits per heavy atom. The van der Waals surface area contributed by atoms with Crippen LogP contribution in [-0.2, 0) is 33.4 Å². The van der Waals surface area contributed by atoms with Crippen LogP contribution in [0.1, 0.15) is 34.3 Å². The topological polar surface area (TPSA) is 150 Å². The van der Waals surface area contributed by atoms with E-state index in [0.717, 1.165) is 62.6 Å². The van der Waals surface area contributed by atoms with Gasteiger partial charge in [-0.2, -0.15) is 10.2 Å². The van der Waals surface area contributed by atoms with E-state index in [1.165, 1.54) is 0 Å². The fourth-order valence-corrected chi connectivity index (χ4v) is 4.93. The molecule has 0 fully saturated rings. The number of nitrogen functional groups attached to an aromatic ring is 1. The highest BCUT2D eigenvalue weighted by atomic mass is 16.5. The fraction of sp³-hybridized carbons (Fsp3) is 0.206. The van der Waals surface area contributed by atoms with Crippen molar-refractivity contribution >= 4 is 16.9 Å². The Labute approximate surface area is 271 Å². The minimum absolute atomic E-state index is 0.588. The molecule has 0 bridgehead atoms. The number of aryl methyl sites for hydroxylation is 2. The van der Waals surface area contributed by atoms with Gasteiger partial charge in [-0.25, -0.2) is 24.9 Å². The van der Waals surface area contributed by atoms with Crippen molar-refractivity contribution in [2.45, 2.75) is 19.3 Å². The molecule has 0 radical (unpaired) electrons. The molecule has 238 valence electrons. The molecule has 7 aromatic rings. The number of imidazole rings is 1. The van der Waals surface area contributed by atoms with E-state index in [1.807, 2.05) is 91.7 Å². The number of aromatic nitrogens is 10. The molecular weight excluding hydrogens is 594 g/mol. The zero-order valence-corrected chi connectivity index (χ0v) is 26.6. The summed E-state index contributed by atoms with van der Waals surface area (Å²) in [6.07, 6.45) is 10.8. The average molecular weight is 630 g/mol. The second-order valence-corrected chi connectivity index (χ2v) is 10.8. The molecule has 0 atom stereocenters. The van der Waals surface area contributed by atoms with Crippen molar-refractivity contribution in [2.24, 2.45) is 14.1 Å². The Kier molecular flexibility index (Phi) is 9.14. The number of ether oxygens (including phenoxy) is 2. The van der Waals surface area contributed by atoms with Crippen molar-refractivity contribution in [1.29, 1.82) is 0 Å². The van der Waals surface area contributed by atoms with Crippen LogP contribution < -0.4 is 15.2 Å². The SMILES string of the molecule is COc1ccc(-n2cnc3cnc(Cc4ccn(C)n4)nc32)cc1.COc1ccc(Cc2nc(Cc3ccn(C)n3)ncc2N)cc1. The molecule has 0 aliphatic carbocycles. The molecule has 13 heteroatoms. The van der Waals surface area contributed by atoms with E-state index in [-0.39, 0.29) is 0 Å². The fourth-order valence-electron chi connectivity index (χ4n) is 4.93. The van der Waals surface area contributed by atoms with Gasteiger partial charge in [-0.1, -0.05) is 12.1 Å². The maximum Gasteiger partial charge on any atom is 0.168 e. The lowest BCUT2D eigenvalue weighted by atomic mass is 10.1. The lowest BCUT2D eigenvalue weighted by molar-refractivity contribution is 0.414. The van der Waals surface area contributed by atoms with E-state index in [0.29, 0.717) is 24.9 Å². The van der Waals surface area contributed by atoms with Gasteiger partial charge in [0.25, 0.3) is 0 Å². The highest BCUT2D eigenvalue weighted by molar-refractivity contribution is 5.72. The molecule has 0 saturated carbocycles. The number of nitrogens with zero attached hydrogens (tertiary/aromatic N) is 10. The highest BCUT2D eigenvalue weighted by Crippen LogP contribution is 2.20. The van der Waals surface area contributed by atoms with Gasteiger partial charge in [0.05, 0.1) is 62.2 Å². The third kappa shape index (κ3) is 7.59. The van der Waals surface area contributed by atoms with E-state index in [2.05, 4.69) is 35.1 Å². The van der Waals surface area contributed by atoms with Gasteiger partial charge in [0.2, 0.25) is 0 Å². The molecular formula is C34H35N11O2. The van der Waals surface area contributed by atoms with E-state index < -0.39 is 0 Å². The summed E-state index contributed by atoms with van der Waals surface area (Å²) in [5.41, 5.74) is 13.0. The van der Waals surface area contributed by atoms with Gasteiger partial charge < -0.3 is 15.2 Å². The number of methoxy groups -OCH3 is 2. The van der Waals surface area contributed by atoms with Crippen LogP contribution in [0.15, 0.2) is 91.8 Å². The molecule has 7 rings (SSSR count). The monoisotopic (exact) mass is 629 g/mol. The lowest BCUT2D eigenvalue weighted by Crippen LogP contribution is -2.06. The normalized spacial score (nSPS) is 10.9. The largest absolute Gasteiger partial charge is 0.497 e. The molecule has 0 aliphatic heterocycles. The van der Waals surface area contributed by atoms with Crippen LogP contribution in [0.2, 0.25) is 0 Å². The van der Waals surface area contributed by atoms with Crippen LogP contribution >= 0.6 is 0 Å². The minimum Gasteiger partial charge on any atom is -0.497 e. The summed E-state index contributed by atoms with van der Waals surface area (Å²) in [4.78, 5) is 22.3. The van der Waals surface area contributed by atoms with Gasteiger partial charge in [-0.3, -0.25) is 13.9 Å². The zero-order valence-electron chi connectivity index (χ0n) is 26.6. The Hall–Kier alpha value is -6.11. The number of hydrogen-bond donors (Lipinski definition) is 1. The first-order valence-electron chi connectivity index (χ1n) is 14.9. The predicted molar refractivity (Wildman–Crippen MR) is 177 cm³/mol. The lowest BCUT2D eigenvalue weighted by Gasteiger charge is -2.07. The number of fused-ring (bicyclic) bond motifs is 1. The van der Waals surface area contributed by atoms with Crippen molar-refractivity contribution < 1.29 is 9.47 Å². The Morgan fingerprint density at radius 1 is 0.660 bits per heavy atom. The summed E-state index contributed by atoms with van der Waals surface area (Å²) in [5, 5.41) is 8.73. The van der Waals surface area contributed by atoms with Crippen LogP contribution in [0.5, 0.6) is 11.5 Å². The van der Waals surface area contributed by atoms with Crippen LogP contribution in [0, 0.1) is 0 Å². The van der Waals surface area contributed by atoms with Crippen LogP contribution in [0.4, 0.5) is 5.69 Å². The Balaban J connectivity index is 0.000000165. The summed E-state index contributed by atoms with van der Waals surface area (Å²) in [6, 6.07) is 19.6. The van der Waals surface area contributed by atoms with Gasteiger partial charge in [-0.05, 0) is 54.1 Å². The average Bonchev–Trinajstić information content (AvgIpc) is 3.82. The van der Waals surface area contributed by atoms with Crippen LogP contribution in [-0.4, -0.2) is 63.3 Å². The molecule has 0 unspecified atom stereocenters. The van der Waals surface area contributed by atoms with E-state index in [4.69, 9.17) is 15.2 Å². The highest BCUT2D eigenvalue weighted by Gasteiger charge is 2.11. The van der Waals surface area contributed by atoms with E-state index >= 15 is 0 Å². The van der Waals surface area contributed by atoms with E-state index in [1.54, 1.807) is 42.3 Å². The van der Waals surface area contributed by atoms with Crippen molar-refractivity contribution in [2.75, 3.05) is 20.0 Å². The molecule has 0 saturated heterocycles. The number of hydrogen-bond acceptors (Lipinski definition) is 10. The molecule has 47 heavy (non-hydrogen) atoms. The van der Waals surface area contributed by atoms with Crippen molar-refractivity contribution in [3.8, 4) is 17.2 Å². The molecule has 2 N–H and O–H groups in total. The Morgan fingerprint density at radius 2 is 1.23 bits per heavy atom. The standard InChI is InChI=1S/C17H16N6O.C17H19N5O/c1-22-8-7-12(21-22)9-16-18-10-15-17(20-16)23(11-19-15)13-3-5-14(24-2)6-4-13;1-22-8-7-13(21-22)10-17-19-11-15(18)16(20-17)9-12-3-5-14(23-2)6-4-12/h3-8,10-11H,9H2,1-2H3;3-8,11H,9-10,18H2,1-2H3. The third-order valence-corrected chi connectivity index (χ3v) is 7.39. The second kappa shape index (κ2) is 13.9. The molecule has 13 nitrogen and oxygen atoms in total. The maximum absolute atomic E-state index is 6.02. The van der Waals surface area contributed by atoms with Gasteiger partial charge >= 0.3 is 0 Å². The molecule has 0 spiro atoms. The van der Waals surface area contributed by atoms with Crippen LogP contribution in [0.3, 0.4) is 0 Å². The first-order chi connectivity index (χ1) is 22.9. The van der Waals surface area contributed by atoms with Gasteiger partial charge in [-0.15, -0.1) is 0 Å². The van der Waals surface area contributed by atoms with Crippen molar-refractivity contribution in [1.82, 2.24) is 49.0 Å². The number of rotatable bonds is 9. The van der Waals surface area contributed by atoms with E-state index in [9.17, 15) is 0 Å². The van der Waals surface area contributed by atoms with Crippen molar-refractivity contribution in [3.63, 3.8) is 0 Å². The van der Waals surface area contributed by atoms with Gasteiger partial charge in [0, 0.05) is 38.6 Å². The van der Waals surface area contributed by atoms with Gasteiger partial charge in [0.1, 0.15) is 35.0 Å². The molecule has 5 heterocycles. The molecule has 0 aliphatic rings. The summed E-state index contributed by atoms with van der Waals surface area (Å²) in [5.74, 6) is 3.09. The van der Waals surface area contributed by atoms with Crippen LogP contribution in [0.25, 0.3) is 16.9 Å².